The summed E-state index contributed by atoms with van der Waals surface area (Å²) in [5.74, 6) is -0.179. The number of nitrogens with one attached hydrogen (secondary N) is 2. The molecule has 1 atom stereocenters. The number of carbonyl (C=O) groups is 1. The van der Waals surface area contributed by atoms with E-state index in [1.165, 1.54) is 19.3 Å². The Hall–Kier alpha value is -1.42. The maximum absolute atomic E-state index is 12.1. The summed E-state index contributed by atoms with van der Waals surface area (Å²) in [5.41, 5.74) is 1.08. The quantitative estimate of drug-likeness (QED) is 0.840. The topological polar surface area (TPSA) is 41.1 Å². The molecule has 0 aromatic heterocycles. The zero-order valence-corrected chi connectivity index (χ0v) is 12.7. The lowest BCUT2D eigenvalue weighted by Gasteiger charge is -2.24. The third kappa shape index (κ3) is 4.30. The van der Waals surface area contributed by atoms with Gasteiger partial charge in [0.2, 0.25) is 0 Å². The first-order valence-electron chi connectivity index (χ1n) is 7.33. The van der Waals surface area contributed by atoms with Crippen molar-refractivity contribution in [1.29, 1.82) is 0 Å². The normalized spacial score (nSPS) is 17.2. The molecule has 3 nitrogen and oxygen atoms in total. The van der Waals surface area contributed by atoms with E-state index >= 15 is 0 Å². The molecule has 1 aromatic carbocycles. The van der Waals surface area contributed by atoms with E-state index in [4.69, 9.17) is 12.2 Å². The predicted molar refractivity (Wildman–Crippen MR) is 85.6 cm³/mol. The van der Waals surface area contributed by atoms with E-state index < -0.39 is 0 Å². The minimum absolute atomic E-state index is 0.0326. The van der Waals surface area contributed by atoms with Crippen molar-refractivity contribution in [3.05, 3.63) is 35.9 Å². The summed E-state index contributed by atoms with van der Waals surface area (Å²) in [4.78, 5) is 12.4. The molecule has 20 heavy (non-hydrogen) atoms. The smallest absolute Gasteiger partial charge is 0.279 e. The number of hydrogen-bond acceptors (Lipinski definition) is 2. The summed E-state index contributed by atoms with van der Waals surface area (Å²) in [6.07, 6.45) is 5.97. The van der Waals surface area contributed by atoms with Gasteiger partial charge in [-0.25, -0.2) is 0 Å². The van der Waals surface area contributed by atoms with E-state index in [9.17, 15) is 4.79 Å². The van der Waals surface area contributed by atoms with Crippen molar-refractivity contribution in [2.75, 3.05) is 0 Å². The van der Waals surface area contributed by atoms with Gasteiger partial charge in [0, 0.05) is 6.04 Å². The van der Waals surface area contributed by atoms with E-state index in [2.05, 4.69) is 10.6 Å². The van der Waals surface area contributed by atoms with Crippen LogP contribution in [0, 0.1) is 0 Å². The SMILES string of the molecule is C[C@H](NC(=O)C(=S)NC1CCCCC1)c1ccccc1. The molecule has 1 amide bonds. The lowest BCUT2D eigenvalue weighted by atomic mass is 9.95. The second kappa shape index (κ2) is 7.39. The van der Waals surface area contributed by atoms with Crippen LogP contribution in [0.2, 0.25) is 0 Å². The van der Waals surface area contributed by atoms with Crippen molar-refractivity contribution in [2.24, 2.45) is 0 Å². The Morgan fingerprint density at radius 2 is 1.85 bits per heavy atom. The number of amides is 1. The van der Waals surface area contributed by atoms with E-state index in [-0.39, 0.29) is 11.9 Å². The number of carbonyl (C=O) groups excluding carboxylic acids is 1. The first-order valence-corrected chi connectivity index (χ1v) is 7.74. The summed E-state index contributed by atoms with van der Waals surface area (Å²) < 4.78 is 0. The summed E-state index contributed by atoms with van der Waals surface area (Å²) in [7, 11) is 0. The van der Waals surface area contributed by atoms with Gasteiger partial charge in [-0.15, -0.1) is 0 Å². The Kier molecular flexibility index (Phi) is 5.53. The van der Waals surface area contributed by atoms with Crippen LogP contribution in [-0.4, -0.2) is 16.9 Å². The number of benzene rings is 1. The van der Waals surface area contributed by atoms with E-state index in [1.54, 1.807) is 0 Å². The molecule has 4 heteroatoms. The second-order valence-electron chi connectivity index (χ2n) is 5.41. The van der Waals surface area contributed by atoms with Crippen LogP contribution in [0.4, 0.5) is 0 Å². The lowest BCUT2D eigenvalue weighted by molar-refractivity contribution is -0.115. The van der Waals surface area contributed by atoms with Gasteiger partial charge >= 0.3 is 0 Å². The average Bonchev–Trinajstić information content (AvgIpc) is 2.49. The Bertz CT molecular complexity index is 455. The van der Waals surface area contributed by atoms with Crippen LogP contribution < -0.4 is 10.6 Å². The summed E-state index contributed by atoms with van der Waals surface area (Å²) >= 11 is 5.20. The molecule has 1 aliphatic rings. The molecule has 0 unspecified atom stereocenters. The second-order valence-corrected chi connectivity index (χ2v) is 5.82. The zero-order valence-electron chi connectivity index (χ0n) is 11.9. The van der Waals surface area contributed by atoms with Crippen molar-refractivity contribution >= 4 is 23.1 Å². The molecule has 0 spiro atoms. The first-order chi connectivity index (χ1) is 9.66. The van der Waals surface area contributed by atoms with Gasteiger partial charge in [0.05, 0.1) is 6.04 Å². The largest absolute Gasteiger partial charge is 0.369 e. The van der Waals surface area contributed by atoms with Crippen molar-refractivity contribution in [1.82, 2.24) is 10.6 Å². The van der Waals surface area contributed by atoms with Gasteiger partial charge in [0.25, 0.3) is 5.91 Å². The van der Waals surface area contributed by atoms with Crippen LogP contribution in [0.15, 0.2) is 30.3 Å². The summed E-state index contributed by atoms with van der Waals surface area (Å²) in [6, 6.07) is 10.2. The van der Waals surface area contributed by atoms with Crippen molar-refractivity contribution in [3.63, 3.8) is 0 Å². The first kappa shape index (κ1) is 15.0. The third-order valence-electron chi connectivity index (χ3n) is 3.79. The predicted octanol–water partition coefficient (Wildman–Crippen LogP) is 3.11. The molecule has 2 rings (SSSR count). The third-order valence-corrected chi connectivity index (χ3v) is 4.10. The fraction of sp³-hybridized carbons (Fsp3) is 0.500. The Morgan fingerprint density at radius 3 is 2.50 bits per heavy atom. The Morgan fingerprint density at radius 1 is 1.20 bits per heavy atom. The number of rotatable bonds is 3. The maximum Gasteiger partial charge on any atom is 0.279 e. The van der Waals surface area contributed by atoms with E-state index in [1.807, 2.05) is 37.3 Å². The standard InChI is InChI=1S/C16H22N2OS/c1-12(13-8-4-2-5-9-13)17-15(19)16(20)18-14-10-6-3-7-11-14/h2,4-5,8-9,12,14H,3,6-7,10-11H2,1H3,(H,17,19)(H,18,20)/t12-/m0/s1. The Balaban J connectivity index is 1.83. The molecular weight excluding hydrogens is 268 g/mol. The molecule has 0 radical (unpaired) electrons. The highest BCUT2D eigenvalue weighted by Crippen LogP contribution is 2.17. The zero-order chi connectivity index (χ0) is 14.4. The van der Waals surface area contributed by atoms with Crippen molar-refractivity contribution in [2.45, 2.75) is 51.1 Å². The number of hydrogen-bond donors (Lipinski definition) is 2. The monoisotopic (exact) mass is 290 g/mol. The molecular formula is C16H22N2OS. The fourth-order valence-electron chi connectivity index (χ4n) is 2.59. The minimum atomic E-state index is -0.179. The molecule has 0 saturated heterocycles. The molecule has 1 fully saturated rings. The molecule has 0 heterocycles. The lowest BCUT2D eigenvalue weighted by Crippen LogP contribution is -2.44. The van der Waals surface area contributed by atoms with Gasteiger partial charge in [-0.1, -0.05) is 61.8 Å². The Labute approximate surface area is 126 Å². The minimum Gasteiger partial charge on any atom is -0.369 e. The molecule has 0 aliphatic heterocycles. The van der Waals surface area contributed by atoms with Crippen molar-refractivity contribution < 1.29 is 4.79 Å². The molecule has 1 aliphatic carbocycles. The highest BCUT2D eigenvalue weighted by atomic mass is 32.1. The van der Waals surface area contributed by atoms with Crippen LogP contribution in [0.3, 0.4) is 0 Å². The molecule has 2 N–H and O–H groups in total. The summed E-state index contributed by atoms with van der Waals surface area (Å²) in [5, 5.41) is 6.14. The van der Waals surface area contributed by atoms with Crippen LogP contribution in [0.1, 0.15) is 50.6 Å². The van der Waals surface area contributed by atoms with Gasteiger partial charge in [-0.2, -0.15) is 0 Å². The maximum atomic E-state index is 12.1. The molecule has 0 bridgehead atoms. The van der Waals surface area contributed by atoms with Crippen LogP contribution >= 0.6 is 12.2 Å². The van der Waals surface area contributed by atoms with Gasteiger partial charge in [-0.05, 0) is 25.3 Å². The summed E-state index contributed by atoms with van der Waals surface area (Å²) in [6.45, 7) is 1.97. The molecule has 108 valence electrons. The van der Waals surface area contributed by atoms with Crippen LogP contribution in [0.5, 0.6) is 0 Å². The fourth-order valence-corrected chi connectivity index (χ4v) is 2.81. The van der Waals surface area contributed by atoms with Crippen molar-refractivity contribution in [3.8, 4) is 0 Å². The van der Waals surface area contributed by atoms with Crippen LogP contribution in [-0.2, 0) is 4.79 Å². The number of thiocarbonyl (C=S) groups is 1. The van der Waals surface area contributed by atoms with Gasteiger partial charge in [0.1, 0.15) is 0 Å². The van der Waals surface area contributed by atoms with E-state index in [0.717, 1.165) is 18.4 Å². The highest BCUT2D eigenvalue weighted by molar-refractivity contribution is 7.82. The van der Waals surface area contributed by atoms with Crippen LogP contribution in [0.25, 0.3) is 0 Å². The average molecular weight is 290 g/mol. The van der Waals surface area contributed by atoms with Gasteiger partial charge < -0.3 is 10.6 Å². The van der Waals surface area contributed by atoms with Gasteiger partial charge in [-0.3, -0.25) is 4.79 Å². The van der Waals surface area contributed by atoms with Gasteiger partial charge in [0.15, 0.2) is 4.99 Å². The highest BCUT2D eigenvalue weighted by Gasteiger charge is 2.18. The molecule has 1 saturated carbocycles. The van der Waals surface area contributed by atoms with E-state index in [0.29, 0.717) is 11.0 Å². The molecule has 1 aromatic rings.